The van der Waals surface area contributed by atoms with Gasteiger partial charge >= 0.3 is 18.1 Å². The van der Waals surface area contributed by atoms with E-state index in [0.717, 1.165) is 11.1 Å². The molecule has 1 unspecified atom stereocenters. The van der Waals surface area contributed by atoms with Crippen LogP contribution in [-0.4, -0.2) is 79.6 Å². The second-order valence-corrected chi connectivity index (χ2v) is 11.7. The molecule has 4 atom stereocenters. The second-order valence-electron chi connectivity index (χ2n) is 11.7. The lowest BCUT2D eigenvalue weighted by Gasteiger charge is -2.54. The van der Waals surface area contributed by atoms with E-state index in [1.54, 1.807) is 12.2 Å². The lowest BCUT2D eigenvalue weighted by Crippen LogP contribution is -2.64. The third-order valence-electron chi connectivity index (χ3n) is 8.89. The SMILES string of the molecule is COc1c(C)cc2c(c1O)[C@H]1N[C@@H](C2)CN2C1Cc1c(OC(C)=O)c(C)c3c(c1[C@@H]2CNC(=O)CNC(=O)C(F)(F)F)OCO3. The number of rotatable bonds is 6. The molecule has 4 aliphatic heterocycles. The van der Waals surface area contributed by atoms with E-state index in [-0.39, 0.29) is 31.2 Å². The lowest BCUT2D eigenvalue weighted by molar-refractivity contribution is -0.173. The molecule has 2 bridgehead atoms. The number of benzene rings is 2. The molecular formula is C30H33F3N4O8. The van der Waals surface area contributed by atoms with Gasteiger partial charge in [-0.1, -0.05) is 6.07 Å². The third kappa shape index (κ3) is 5.27. The summed E-state index contributed by atoms with van der Waals surface area (Å²) >= 11 is 0. The molecule has 0 aliphatic carbocycles. The van der Waals surface area contributed by atoms with Crippen LogP contribution in [-0.2, 0) is 27.2 Å². The largest absolute Gasteiger partial charge is 0.504 e. The number of phenols is 1. The third-order valence-corrected chi connectivity index (χ3v) is 8.89. The molecule has 0 aromatic heterocycles. The Balaban J connectivity index is 1.43. The molecule has 2 aromatic rings. The number of ether oxygens (including phenoxy) is 4. The number of nitrogens with zero attached hydrogens (tertiary/aromatic N) is 1. The Hall–Kier alpha value is -4.24. The highest BCUT2D eigenvalue weighted by Gasteiger charge is 2.50. The molecule has 6 rings (SSSR count). The highest BCUT2D eigenvalue weighted by molar-refractivity contribution is 5.87. The number of phenolic OH excluding ortho intramolecular Hbond substituents is 1. The van der Waals surface area contributed by atoms with Gasteiger partial charge in [0, 0.05) is 54.4 Å². The van der Waals surface area contributed by atoms with Crippen molar-refractivity contribution < 1.29 is 51.6 Å². The first-order valence-corrected chi connectivity index (χ1v) is 14.5. The van der Waals surface area contributed by atoms with Gasteiger partial charge in [-0.3, -0.25) is 19.3 Å². The van der Waals surface area contributed by atoms with E-state index < -0.39 is 42.6 Å². The zero-order chi connectivity index (χ0) is 32.4. The molecule has 12 nitrogen and oxygen atoms in total. The zero-order valence-electron chi connectivity index (χ0n) is 25.0. The maximum Gasteiger partial charge on any atom is 0.471 e. The molecule has 242 valence electrons. The van der Waals surface area contributed by atoms with Crippen LogP contribution in [0.4, 0.5) is 13.2 Å². The van der Waals surface area contributed by atoms with E-state index in [1.165, 1.54) is 14.0 Å². The quantitative estimate of drug-likeness (QED) is 0.275. The van der Waals surface area contributed by atoms with Crippen molar-refractivity contribution >= 4 is 17.8 Å². The van der Waals surface area contributed by atoms with Crippen molar-refractivity contribution in [2.24, 2.45) is 0 Å². The number of fused-ring (bicyclic) bond motifs is 9. The standard InChI is InChI=1S/C30H33F3N4O8/c1-12-5-15-6-16-10-37-18(23(36-16)21(15)24(40)25(12)42-4)7-17-22(19(37)8-34-20(39)9-35-29(41)30(31,32)33)28-27(43-11-44-28)13(2)26(17)45-14(3)38/h5,16,18-19,23,36,40H,6-11H2,1-4H3,(H,34,39)(H,35,41)/t16-,18?,19-,23-/m0/s1. The average molecular weight is 635 g/mol. The summed E-state index contributed by atoms with van der Waals surface area (Å²) in [5, 5.41) is 19.3. The van der Waals surface area contributed by atoms with E-state index >= 15 is 0 Å². The molecule has 1 saturated heterocycles. The smallest absolute Gasteiger partial charge is 0.471 e. The Kier molecular flexibility index (Phi) is 7.72. The molecular weight excluding hydrogens is 601 g/mol. The number of carbonyl (C=O) groups is 3. The Morgan fingerprint density at radius 1 is 1.11 bits per heavy atom. The number of nitrogens with one attached hydrogen (secondary N) is 3. The van der Waals surface area contributed by atoms with Crippen LogP contribution in [0.2, 0.25) is 0 Å². The molecule has 0 radical (unpaired) electrons. The first kappa shape index (κ1) is 30.8. The number of aryl methyl sites for hydroxylation is 1. The molecule has 2 amide bonds. The molecule has 4 N–H and O–H groups in total. The van der Waals surface area contributed by atoms with Crippen LogP contribution in [0.25, 0.3) is 0 Å². The van der Waals surface area contributed by atoms with Gasteiger partial charge in [0.25, 0.3) is 0 Å². The van der Waals surface area contributed by atoms with Crippen molar-refractivity contribution in [3.8, 4) is 28.7 Å². The zero-order valence-corrected chi connectivity index (χ0v) is 25.0. The van der Waals surface area contributed by atoms with Crippen molar-refractivity contribution in [2.45, 2.75) is 64.0 Å². The highest BCUT2D eigenvalue weighted by atomic mass is 19.4. The summed E-state index contributed by atoms with van der Waals surface area (Å²) in [5.74, 6) is -2.05. The lowest BCUT2D eigenvalue weighted by atomic mass is 9.75. The number of alkyl halides is 3. The normalized spacial score (nSPS) is 22.9. The van der Waals surface area contributed by atoms with Gasteiger partial charge in [0.1, 0.15) is 5.75 Å². The van der Waals surface area contributed by atoms with Gasteiger partial charge in [0.15, 0.2) is 23.0 Å². The first-order chi connectivity index (χ1) is 21.3. The van der Waals surface area contributed by atoms with Crippen LogP contribution < -0.4 is 34.9 Å². The van der Waals surface area contributed by atoms with E-state index in [2.05, 4.69) is 15.5 Å². The fourth-order valence-corrected chi connectivity index (χ4v) is 7.21. The molecule has 1 fully saturated rings. The van der Waals surface area contributed by atoms with Gasteiger partial charge in [0.05, 0.1) is 25.7 Å². The molecule has 4 aliphatic rings. The minimum absolute atomic E-state index is 0.0310. The molecule has 45 heavy (non-hydrogen) atoms. The summed E-state index contributed by atoms with van der Waals surface area (Å²) in [6.45, 7) is 4.40. The summed E-state index contributed by atoms with van der Waals surface area (Å²) < 4.78 is 61.0. The minimum Gasteiger partial charge on any atom is -0.504 e. The van der Waals surface area contributed by atoms with Gasteiger partial charge in [-0.2, -0.15) is 13.2 Å². The van der Waals surface area contributed by atoms with Gasteiger partial charge in [-0.05, 0) is 37.8 Å². The number of halogens is 3. The summed E-state index contributed by atoms with van der Waals surface area (Å²) in [4.78, 5) is 38.4. The monoisotopic (exact) mass is 634 g/mol. The number of piperazine rings is 1. The van der Waals surface area contributed by atoms with E-state index in [1.807, 2.05) is 13.0 Å². The molecule has 2 aromatic carbocycles. The molecule has 0 saturated carbocycles. The minimum atomic E-state index is -5.12. The van der Waals surface area contributed by atoms with E-state index in [0.29, 0.717) is 64.6 Å². The van der Waals surface area contributed by atoms with Crippen molar-refractivity contribution in [3.63, 3.8) is 0 Å². The van der Waals surface area contributed by atoms with Gasteiger partial charge in [0.2, 0.25) is 12.7 Å². The number of esters is 1. The van der Waals surface area contributed by atoms with Crippen LogP contribution in [0.15, 0.2) is 6.07 Å². The molecule has 0 spiro atoms. The topological polar surface area (TPSA) is 148 Å². The van der Waals surface area contributed by atoms with Crippen LogP contribution >= 0.6 is 0 Å². The first-order valence-electron chi connectivity index (χ1n) is 14.5. The number of hydrogen-bond donors (Lipinski definition) is 4. The van der Waals surface area contributed by atoms with Crippen molar-refractivity contribution in [1.29, 1.82) is 0 Å². The Bertz CT molecular complexity index is 1600. The van der Waals surface area contributed by atoms with Crippen molar-refractivity contribution in [3.05, 3.63) is 39.4 Å². The predicted molar refractivity (Wildman–Crippen MR) is 150 cm³/mol. The molecule has 4 heterocycles. The average Bonchev–Trinajstić information content (AvgIpc) is 3.46. The summed E-state index contributed by atoms with van der Waals surface area (Å²) in [7, 11) is 1.49. The summed E-state index contributed by atoms with van der Waals surface area (Å²) in [6.07, 6.45) is -4.16. The van der Waals surface area contributed by atoms with Gasteiger partial charge in [-0.25, -0.2) is 0 Å². The highest BCUT2D eigenvalue weighted by Crippen LogP contribution is 2.55. The van der Waals surface area contributed by atoms with Gasteiger partial charge < -0.3 is 40.0 Å². The van der Waals surface area contributed by atoms with Gasteiger partial charge in [-0.15, -0.1) is 0 Å². The fraction of sp³-hybridized carbons (Fsp3) is 0.500. The second kappa shape index (κ2) is 11.3. The van der Waals surface area contributed by atoms with E-state index in [4.69, 9.17) is 18.9 Å². The van der Waals surface area contributed by atoms with Crippen LogP contribution in [0.5, 0.6) is 28.7 Å². The molecule has 15 heteroatoms. The Labute approximate surface area is 256 Å². The number of methoxy groups -OCH3 is 1. The van der Waals surface area contributed by atoms with Crippen molar-refractivity contribution in [1.82, 2.24) is 20.9 Å². The van der Waals surface area contributed by atoms with Crippen LogP contribution in [0.1, 0.15) is 52.4 Å². The maximum absolute atomic E-state index is 12.7. The van der Waals surface area contributed by atoms with Crippen LogP contribution in [0.3, 0.4) is 0 Å². The van der Waals surface area contributed by atoms with Crippen molar-refractivity contribution in [2.75, 3.05) is 33.5 Å². The summed E-state index contributed by atoms with van der Waals surface area (Å²) in [5.41, 5.74) is 4.33. The van der Waals surface area contributed by atoms with Crippen LogP contribution in [0, 0.1) is 13.8 Å². The fourth-order valence-electron chi connectivity index (χ4n) is 7.21. The number of aromatic hydroxyl groups is 1. The van der Waals surface area contributed by atoms with E-state index in [9.17, 15) is 32.7 Å². The Morgan fingerprint density at radius 3 is 2.53 bits per heavy atom. The Morgan fingerprint density at radius 2 is 1.84 bits per heavy atom. The number of carbonyl (C=O) groups excluding carboxylic acids is 3. The predicted octanol–water partition coefficient (Wildman–Crippen LogP) is 2.00. The summed E-state index contributed by atoms with van der Waals surface area (Å²) in [6, 6.07) is 0.651. The maximum atomic E-state index is 12.7. The number of hydrogen-bond acceptors (Lipinski definition) is 10. The number of amides is 2.